The fourth-order valence-corrected chi connectivity index (χ4v) is 4.59. The number of anilines is 1. The van der Waals surface area contributed by atoms with Crippen LogP contribution in [0.1, 0.15) is 61.7 Å². The lowest BCUT2D eigenvalue weighted by molar-refractivity contribution is 0.0527. The SMILES string of the molecule is CCOC(=O)c1c(NC(=O)c2sc(=O)[nH]c2C)sc(C(=O)N(CC)CC)c1C. The van der Waals surface area contributed by atoms with Crippen LogP contribution in [-0.4, -0.2) is 47.4 Å². The fraction of sp³-hybridized carbons (Fsp3) is 0.444. The van der Waals surface area contributed by atoms with Crippen molar-refractivity contribution in [3.8, 4) is 0 Å². The number of esters is 1. The number of amides is 2. The van der Waals surface area contributed by atoms with E-state index in [9.17, 15) is 19.2 Å². The molecule has 0 aliphatic rings. The van der Waals surface area contributed by atoms with Crippen molar-refractivity contribution in [3.05, 3.63) is 36.2 Å². The molecule has 0 atom stereocenters. The predicted molar refractivity (Wildman–Crippen MR) is 110 cm³/mol. The van der Waals surface area contributed by atoms with Crippen LogP contribution < -0.4 is 10.2 Å². The Balaban J connectivity index is 2.49. The standard InChI is InChI=1S/C18H23N3O5S2/c1-6-21(7-2)16(23)12-9(4)11(17(24)26-8-3)15(27-12)20-14(22)13-10(5)19-18(25)28-13/h6-8H2,1-5H3,(H,19,25)(H,20,22). The van der Waals surface area contributed by atoms with Crippen molar-refractivity contribution in [2.45, 2.75) is 34.6 Å². The lowest BCUT2D eigenvalue weighted by Gasteiger charge is -2.18. The third kappa shape index (κ3) is 4.33. The van der Waals surface area contributed by atoms with E-state index in [1.165, 1.54) is 0 Å². The topological polar surface area (TPSA) is 109 Å². The Morgan fingerprint density at radius 3 is 2.21 bits per heavy atom. The summed E-state index contributed by atoms with van der Waals surface area (Å²) in [5.74, 6) is -1.33. The number of thiazole rings is 1. The Bertz CT molecular complexity index is 953. The molecule has 0 unspecified atom stereocenters. The highest BCUT2D eigenvalue weighted by Crippen LogP contribution is 2.35. The molecule has 0 aromatic carbocycles. The maximum atomic E-state index is 12.8. The molecule has 152 valence electrons. The smallest absolute Gasteiger partial charge is 0.341 e. The number of ether oxygens (including phenoxy) is 1. The summed E-state index contributed by atoms with van der Waals surface area (Å²) in [6.07, 6.45) is 0. The number of hydrogen-bond donors (Lipinski definition) is 2. The molecule has 0 saturated carbocycles. The summed E-state index contributed by atoms with van der Waals surface area (Å²) in [4.78, 5) is 53.8. The maximum absolute atomic E-state index is 12.8. The summed E-state index contributed by atoms with van der Waals surface area (Å²) in [7, 11) is 0. The summed E-state index contributed by atoms with van der Waals surface area (Å²) in [6.45, 7) is 9.92. The van der Waals surface area contributed by atoms with Gasteiger partial charge in [0.05, 0.1) is 17.0 Å². The van der Waals surface area contributed by atoms with Crippen molar-refractivity contribution in [2.24, 2.45) is 0 Å². The van der Waals surface area contributed by atoms with Gasteiger partial charge in [0.1, 0.15) is 9.88 Å². The number of aryl methyl sites for hydroxylation is 1. The van der Waals surface area contributed by atoms with Gasteiger partial charge in [0.2, 0.25) is 0 Å². The normalized spacial score (nSPS) is 10.6. The zero-order chi connectivity index (χ0) is 21.0. The van der Waals surface area contributed by atoms with Crippen LogP contribution in [0, 0.1) is 13.8 Å². The second-order valence-electron chi connectivity index (χ2n) is 5.88. The Morgan fingerprint density at radius 2 is 1.71 bits per heavy atom. The Hall–Kier alpha value is -2.46. The van der Waals surface area contributed by atoms with Crippen LogP contribution in [0.15, 0.2) is 4.79 Å². The lowest BCUT2D eigenvalue weighted by Crippen LogP contribution is -2.30. The number of carbonyl (C=O) groups is 3. The molecule has 0 fully saturated rings. The molecule has 2 rings (SSSR count). The van der Waals surface area contributed by atoms with Crippen molar-refractivity contribution in [2.75, 3.05) is 25.0 Å². The summed E-state index contributed by atoms with van der Waals surface area (Å²) in [6, 6.07) is 0. The summed E-state index contributed by atoms with van der Waals surface area (Å²) < 4.78 is 5.11. The Kier molecular flexibility index (Phi) is 7.14. The minimum Gasteiger partial charge on any atom is -0.462 e. The van der Waals surface area contributed by atoms with Gasteiger partial charge >= 0.3 is 10.8 Å². The van der Waals surface area contributed by atoms with Gasteiger partial charge in [-0.2, -0.15) is 0 Å². The van der Waals surface area contributed by atoms with Crippen LogP contribution in [0.25, 0.3) is 0 Å². The monoisotopic (exact) mass is 425 g/mol. The van der Waals surface area contributed by atoms with Gasteiger partial charge in [-0.3, -0.25) is 14.4 Å². The first-order chi connectivity index (χ1) is 13.2. The first kappa shape index (κ1) is 21.8. The minimum atomic E-state index is -0.607. The van der Waals surface area contributed by atoms with E-state index in [0.29, 0.717) is 29.2 Å². The first-order valence-corrected chi connectivity index (χ1v) is 10.5. The van der Waals surface area contributed by atoms with Crippen molar-refractivity contribution < 1.29 is 19.1 Å². The van der Waals surface area contributed by atoms with E-state index in [1.54, 1.807) is 25.7 Å². The molecule has 2 heterocycles. The van der Waals surface area contributed by atoms with Gasteiger partial charge in [0, 0.05) is 18.8 Å². The predicted octanol–water partition coefficient (Wildman–Crippen LogP) is 3.03. The van der Waals surface area contributed by atoms with E-state index in [-0.39, 0.29) is 32.8 Å². The molecule has 0 bridgehead atoms. The first-order valence-electron chi connectivity index (χ1n) is 8.85. The third-order valence-electron chi connectivity index (χ3n) is 4.13. The second kappa shape index (κ2) is 9.16. The number of carbonyl (C=O) groups excluding carboxylic acids is 3. The molecule has 0 aliphatic carbocycles. The number of aromatic nitrogens is 1. The van der Waals surface area contributed by atoms with Crippen LogP contribution in [0.3, 0.4) is 0 Å². The van der Waals surface area contributed by atoms with E-state index in [4.69, 9.17) is 4.74 Å². The number of hydrogen-bond acceptors (Lipinski definition) is 7. The molecule has 2 aromatic rings. The van der Waals surface area contributed by atoms with E-state index in [2.05, 4.69) is 10.3 Å². The lowest BCUT2D eigenvalue weighted by atomic mass is 10.1. The van der Waals surface area contributed by atoms with Crippen LogP contribution in [0.2, 0.25) is 0 Å². The second-order valence-corrected chi connectivity index (χ2v) is 7.88. The number of rotatable bonds is 7. The van der Waals surface area contributed by atoms with Crippen LogP contribution in [0.5, 0.6) is 0 Å². The zero-order valence-corrected chi connectivity index (χ0v) is 18.1. The van der Waals surface area contributed by atoms with Crippen LogP contribution >= 0.6 is 22.7 Å². The highest BCUT2D eigenvalue weighted by Gasteiger charge is 2.29. The molecule has 0 aliphatic heterocycles. The quantitative estimate of drug-likeness (QED) is 0.663. The summed E-state index contributed by atoms with van der Waals surface area (Å²) in [5.41, 5.74) is 1.07. The van der Waals surface area contributed by atoms with Gasteiger partial charge in [-0.1, -0.05) is 11.3 Å². The number of aromatic amines is 1. The maximum Gasteiger partial charge on any atom is 0.341 e. The van der Waals surface area contributed by atoms with Gasteiger partial charge in [-0.25, -0.2) is 4.79 Å². The van der Waals surface area contributed by atoms with E-state index < -0.39 is 11.9 Å². The average molecular weight is 426 g/mol. The summed E-state index contributed by atoms with van der Waals surface area (Å²) in [5, 5.41) is 2.90. The third-order valence-corrected chi connectivity index (χ3v) is 6.31. The largest absolute Gasteiger partial charge is 0.462 e. The fourth-order valence-electron chi connectivity index (χ4n) is 2.69. The summed E-state index contributed by atoms with van der Waals surface area (Å²) >= 11 is 1.82. The molecule has 8 nitrogen and oxygen atoms in total. The van der Waals surface area contributed by atoms with E-state index >= 15 is 0 Å². The molecular weight excluding hydrogens is 402 g/mol. The number of thiophene rings is 1. The Labute approximate surface area is 170 Å². The van der Waals surface area contributed by atoms with Crippen LogP contribution in [0.4, 0.5) is 5.00 Å². The molecule has 2 aromatic heterocycles. The molecule has 2 amide bonds. The number of nitrogens with zero attached hydrogens (tertiary/aromatic N) is 1. The molecule has 2 N–H and O–H groups in total. The van der Waals surface area contributed by atoms with Gasteiger partial charge in [-0.05, 0) is 40.2 Å². The molecule has 0 spiro atoms. The molecule has 0 radical (unpaired) electrons. The zero-order valence-electron chi connectivity index (χ0n) is 16.4. The Morgan fingerprint density at radius 1 is 1.07 bits per heavy atom. The highest BCUT2D eigenvalue weighted by molar-refractivity contribution is 7.19. The highest BCUT2D eigenvalue weighted by atomic mass is 32.1. The van der Waals surface area contributed by atoms with Crippen molar-refractivity contribution in [3.63, 3.8) is 0 Å². The van der Waals surface area contributed by atoms with E-state index in [0.717, 1.165) is 22.7 Å². The van der Waals surface area contributed by atoms with Gasteiger partial charge in [0.25, 0.3) is 11.8 Å². The number of nitrogens with one attached hydrogen (secondary N) is 2. The van der Waals surface area contributed by atoms with Crippen molar-refractivity contribution >= 4 is 45.5 Å². The molecule has 0 saturated heterocycles. The van der Waals surface area contributed by atoms with Gasteiger partial charge < -0.3 is 19.9 Å². The van der Waals surface area contributed by atoms with Gasteiger partial charge in [0.15, 0.2) is 0 Å². The molecule has 10 heteroatoms. The van der Waals surface area contributed by atoms with Crippen molar-refractivity contribution in [1.82, 2.24) is 9.88 Å². The van der Waals surface area contributed by atoms with Crippen LogP contribution in [-0.2, 0) is 4.74 Å². The molecule has 28 heavy (non-hydrogen) atoms. The van der Waals surface area contributed by atoms with Gasteiger partial charge in [-0.15, -0.1) is 11.3 Å². The molecular formula is C18H23N3O5S2. The minimum absolute atomic E-state index is 0.163. The van der Waals surface area contributed by atoms with Crippen molar-refractivity contribution in [1.29, 1.82) is 0 Å². The number of H-pyrrole nitrogens is 1. The average Bonchev–Trinajstić information content (AvgIpc) is 3.14. The van der Waals surface area contributed by atoms with E-state index in [1.807, 2.05) is 13.8 Å².